The zero-order valence-corrected chi connectivity index (χ0v) is 13.3. The van der Waals surface area contributed by atoms with Gasteiger partial charge in [-0.05, 0) is 36.7 Å². The molecule has 2 atom stereocenters. The number of carboxylic acid groups (broad SMARTS) is 1. The van der Waals surface area contributed by atoms with Crippen molar-refractivity contribution in [3.8, 4) is 0 Å². The lowest BCUT2D eigenvalue weighted by Crippen LogP contribution is -2.41. The first-order chi connectivity index (χ1) is 11.1. The van der Waals surface area contributed by atoms with Crippen LogP contribution in [0.2, 0.25) is 0 Å². The Balaban J connectivity index is 1.50. The Bertz CT molecular complexity index is 557. The molecule has 3 rings (SSSR count). The van der Waals surface area contributed by atoms with Crippen LogP contribution < -0.4 is 5.32 Å². The second-order valence-electron chi connectivity index (χ2n) is 6.75. The van der Waals surface area contributed by atoms with Crippen molar-refractivity contribution in [1.29, 1.82) is 0 Å². The van der Waals surface area contributed by atoms with Crippen LogP contribution in [0.15, 0.2) is 30.3 Å². The van der Waals surface area contributed by atoms with Gasteiger partial charge in [0.05, 0.1) is 6.54 Å². The number of nitrogens with zero attached hydrogens (tertiary/aromatic N) is 1. The number of amides is 1. The number of carboxylic acids is 1. The van der Waals surface area contributed by atoms with Crippen LogP contribution in [-0.4, -0.2) is 47.6 Å². The number of aryl methyl sites for hydroxylation is 1. The first kappa shape index (κ1) is 16.0. The summed E-state index contributed by atoms with van der Waals surface area (Å²) in [4.78, 5) is 25.1. The minimum Gasteiger partial charge on any atom is -0.480 e. The van der Waals surface area contributed by atoms with E-state index in [1.807, 2.05) is 35.2 Å². The van der Waals surface area contributed by atoms with E-state index >= 15 is 0 Å². The molecule has 0 radical (unpaired) electrons. The SMILES string of the molecule is O=C(O)CN1CC(NC(=O)CCc2ccccc2)C(C2CC2)C1. The largest absolute Gasteiger partial charge is 0.480 e. The summed E-state index contributed by atoms with van der Waals surface area (Å²) >= 11 is 0. The second kappa shape index (κ2) is 7.13. The average Bonchev–Trinajstić information content (AvgIpc) is 3.29. The summed E-state index contributed by atoms with van der Waals surface area (Å²) in [6, 6.07) is 10.1. The minimum absolute atomic E-state index is 0.0691. The monoisotopic (exact) mass is 316 g/mol. The van der Waals surface area contributed by atoms with Crippen LogP contribution >= 0.6 is 0 Å². The summed E-state index contributed by atoms with van der Waals surface area (Å²) in [5.74, 6) is 0.348. The van der Waals surface area contributed by atoms with Gasteiger partial charge in [-0.15, -0.1) is 0 Å². The molecule has 1 aromatic rings. The van der Waals surface area contributed by atoms with Gasteiger partial charge < -0.3 is 10.4 Å². The Hall–Kier alpha value is -1.88. The first-order valence-electron chi connectivity index (χ1n) is 8.39. The van der Waals surface area contributed by atoms with Crippen molar-refractivity contribution in [3.05, 3.63) is 35.9 Å². The molecule has 0 spiro atoms. The molecule has 2 fully saturated rings. The Morgan fingerprint density at radius 3 is 2.57 bits per heavy atom. The minimum atomic E-state index is -0.796. The summed E-state index contributed by atoms with van der Waals surface area (Å²) in [6.45, 7) is 1.52. The number of carbonyl (C=O) groups excluding carboxylic acids is 1. The third-order valence-corrected chi connectivity index (χ3v) is 4.86. The predicted molar refractivity (Wildman–Crippen MR) is 87.0 cm³/mol. The van der Waals surface area contributed by atoms with Gasteiger partial charge in [0, 0.05) is 25.6 Å². The van der Waals surface area contributed by atoms with Gasteiger partial charge in [0.1, 0.15) is 0 Å². The number of hydrogen-bond donors (Lipinski definition) is 2. The molecule has 1 amide bonds. The maximum atomic E-state index is 12.2. The number of nitrogens with one attached hydrogen (secondary N) is 1. The van der Waals surface area contributed by atoms with E-state index in [9.17, 15) is 9.59 Å². The van der Waals surface area contributed by atoms with E-state index in [1.54, 1.807) is 0 Å². The summed E-state index contributed by atoms with van der Waals surface area (Å²) < 4.78 is 0. The second-order valence-corrected chi connectivity index (χ2v) is 6.75. The Morgan fingerprint density at radius 1 is 1.17 bits per heavy atom. The Labute approximate surface area is 136 Å². The van der Waals surface area contributed by atoms with Crippen molar-refractivity contribution in [2.75, 3.05) is 19.6 Å². The van der Waals surface area contributed by atoms with Gasteiger partial charge in [0.25, 0.3) is 0 Å². The highest BCUT2D eigenvalue weighted by Gasteiger charge is 2.43. The zero-order valence-electron chi connectivity index (χ0n) is 13.3. The summed E-state index contributed by atoms with van der Waals surface area (Å²) in [5, 5.41) is 12.1. The molecule has 5 nitrogen and oxygen atoms in total. The van der Waals surface area contributed by atoms with Crippen molar-refractivity contribution in [2.45, 2.75) is 31.7 Å². The molecule has 2 N–H and O–H groups in total. The van der Waals surface area contributed by atoms with Crippen LogP contribution in [0.3, 0.4) is 0 Å². The molecule has 1 saturated carbocycles. The number of likely N-dealkylation sites (tertiary alicyclic amines) is 1. The highest BCUT2D eigenvalue weighted by molar-refractivity contribution is 5.76. The van der Waals surface area contributed by atoms with E-state index < -0.39 is 5.97 Å². The zero-order chi connectivity index (χ0) is 16.2. The lowest BCUT2D eigenvalue weighted by atomic mass is 9.98. The van der Waals surface area contributed by atoms with E-state index in [0.717, 1.165) is 13.0 Å². The molecular formula is C18H24N2O3. The lowest BCUT2D eigenvalue weighted by molar-refractivity contribution is -0.138. The number of rotatable bonds is 7. The van der Waals surface area contributed by atoms with Crippen molar-refractivity contribution in [1.82, 2.24) is 10.2 Å². The highest BCUT2D eigenvalue weighted by Crippen LogP contribution is 2.41. The molecule has 23 heavy (non-hydrogen) atoms. The van der Waals surface area contributed by atoms with E-state index in [2.05, 4.69) is 5.32 Å². The van der Waals surface area contributed by atoms with Gasteiger partial charge in [-0.2, -0.15) is 0 Å². The molecule has 5 heteroatoms. The predicted octanol–water partition coefficient (Wildman–Crippen LogP) is 1.53. The van der Waals surface area contributed by atoms with Gasteiger partial charge in [-0.3, -0.25) is 14.5 Å². The van der Waals surface area contributed by atoms with E-state index in [0.29, 0.717) is 24.8 Å². The van der Waals surface area contributed by atoms with Gasteiger partial charge in [-0.1, -0.05) is 30.3 Å². The normalized spacial score (nSPS) is 24.5. The van der Waals surface area contributed by atoms with E-state index in [4.69, 9.17) is 5.11 Å². The van der Waals surface area contributed by atoms with Crippen LogP contribution in [-0.2, 0) is 16.0 Å². The topological polar surface area (TPSA) is 69.6 Å². The fourth-order valence-electron chi connectivity index (χ4n) is 3.57. The fourth-order valence-corrected chi connectivity index (χ4v) is 3.57. The van der Waals surface area contributed by atoms with E-state index in [1.165, 1.54) is 18.4 Å². The van der Waals surface area contributed by atoms with Gasteiger partial charge >= 0.3 is 5.97 Å². The van der Waals surface area contributed by atoms with Crippen LogP contribution in [0.25, 0.3) is 0 Å². The first-order valence-corrected chi connectivity index (χ1v) is 8.39. The standard InChI is InChI=1S/C18H24N2O3/c21-17(9-6-13-4-2-1-3-5-13)19-16-11-20(12-18(22)23)10-15(16)14-7-8-14/h1-5,14-16H,6-12H2,(H,19,21)(H,22,23). The van der Waals surface area contributed by atoms with Crippen molar-refractivity contribution in [2.24, 2.45) is 11.8 Å². The number of hydrogen-bond acceptors (Lipinski definition) is 3. The summed E-state index contributed by atoms with van der Waals surface area (Å²) in [5.41, 5.74) is 1.17. The van der Waals surface area contributed by atoms with Crippen LogP contribution in [0.4, 0.5) is 0 Å². The lowest BCUT2D eigenvalue weighted by Gasteiger charge is -2.19. The third-order valence-electron chi connectivity index (χ3n) is 4.86. The maximum Gasteiger partial charge on any atom is 0.317 e. The molecular weight excluding hydrogens is 292 g/mol. The number of carbonyl (C=O) groups is 2. The smallest absolute Gasteiger partial charge is 0.317 e. The van der Waals surface area contributed by atoms with Crippen molar-refractivity contribution < 1.29 is 14.7 Å². The molecule has 1 saturated heterocycles. The molecule has 2 unspecified atom stereocenters. The molecule has 1 heterocycles. The van der Waals surface area contributed by atoms with Gasteiger partial charge in [0.2, 0.25) is 5.91 Å². The highest BCUT2D eigenvalue weighted by atomic mass is 16.4. The third kappa shape index (κ3) is 4.55. The Morgan fingerprint density at radius 2 is 1.91 bits per heavy atom. The fraction of sp³-hybridized carbons (Fsp3) is 0.556. The molecule has 0 bridgehead atoms. The number of aliphatic carboxylic acids is 1. The van der Waals surface area contributed by atoms with Crippen LogP contribution in [0, 0.1) is 11.8 Å². The summed E-state index contributed by atoms with van der Waals surface area (Å²) in [6.07, 6.45) is 3.65. The van der Waals surface area contributed by atoms with E-state index in [-0.39, 0.29) is 18.5 Å². The van der Waals surface area contributed by atoms with Crippen molar-refractivity contribution in [3.63, 3.8) is 0 Å². The number of benzene rings is 1. The Kier molecular flexibility index (Phi) is 4.96. The molecule has 2 aliphatic rings. The molecule has 1 aromatic carbocycles. The summed E-state index contributed by atoms with van der Waals surface area (Å²) in [7, 11) is 0. The van der Waals surface area contributed by atoms with Crippen LogP contribution in [0.1, 0.15) is 24.8 Å². The molecule has 1 aliphatic carbocycles. The van der Waals surface area contributed by atoms with Crippen LogP contribution in [0.5, 0.6) is 0 Å². The molecule has 124 valence electrons. The maximum absolute atomic E-state index is 12.2. The average molecular weight is 316 g/mol. The molecule has 1 aliphatic heterocycles. The van der Waals surface area contributed by atoms with Gasteiger partial charge in [0.15, 0.2) is 0 Å². The van der Waals surface area contributed by atoms with Gasteiger partial charge in [-0.25, -0.2) is 0 Å². The van der Waals surface area contributed by atoms with Crippen molar-refractivity contribution >= 4 is 11.9 Å². The quantitative estimate of drug-likeness (QED) is 0.800. The molecule has 0 aromatic heterocycles.